The number of rotatable bonds is 7. The smallest absolute Gasteiger partial charge is 0.254 e. The maximum atomic E-state index is 14.8. The number of nitrogens with zero attached hydrogens (tertiary/aromatic N) is 4. The molecule has 0 aliphatic heterocycles. The van der Waals surface area contributed by atoms with Crippen LogP contribution in [0.25, 0.3) is 22.2 Å². The van der Waals surface area contributed by atoms with Gasteiger partial charge in [-0.1, -0.05) is 6.92 Å². The van der Waals surface area contributed by atoms with Crippen LogP contribution >= 0.6 is 0 Å². The van der Waals surface area contributed by atoms with Crippen LogP contribution in [0.1, 0.15) is 30.6 Å². The van der Waals surface area contributed by atoms with Crippen LogP contribution in [-0.2, 0) is 6.54 Å². The normalized spacial score (nSPS) is 12.3. The van der Waals surface area contributed by atoms with Gasteiger partial charge in [0.15, 0.2) is 11.6 Å². The number of aryl methyl sites for hydroxylation is 1. The van der Waals surface area contributed by atoms with Gasteiger partial charge in [0.05, 0.1) is 26.0 Å². The molecule has 0 saturated heterocycles. The average molecular weight is 429 g/mol. The fourth-order valence-corrected chi connectivity index (χ4v) is 3.46. The molecule has 0 spiro atoms. The van der Waals surface area contributed by atoms with Crippen LogP contribution in [-0.4, -0.2) is 44.1 Å². The van der Waals surface area contributed by atoms with Crippen molar-refractivity contribution in [1.82, 2.24) is 24.7 Å². The van der Waals surface area contributed by atoms with E-state index >= 15 is 0 Å². The summed E-state index contributed by atoms with van der Waals surface area (Å²) in [5.41, 5.74) is 1.69. The van der Waals surface area contributed by atoms with Gasteiger partial charge in [-0.3, -0.25) is 4.68 Å². The number of aromatic nitrogens is 5. The van der Waals surface area contributed by atoms with Gasteiger partial charge >= 0.3 is 0 Å². The molecule has 0 saturated carbocycles. The molecule has 4 aromatic rings. The summed E-state index contributed by atoms with van der Waals surface area (Å²) in [4.78, 5) is 10.9. The van der Waals surface area contributed by atoms with E-state index in [-0.39, 0.29) is 5.56 Å². The van der Waals surface area contributed by atoms with Crippen LogP contribution in [0.3, 0.4) is 0 Å². The van der Waals surface area contributed by atoms with E-state index in [1.165, 1.54) is 20.4 Å². The highest BCUT2D eigenvalue weighted by Crippen LogP contribution is 2.37. The summed E-state index contributed by atoms with van der Waals surface area (Å²) in [6, 6.07) is 1.79. The van der Waals surface area contributed by atoms with Crippen molar-refractivity contribution >= 4 is 11.0 Å². The first-order valence-corrected chi connectivity index (χ1v) is 9.63. The van der Waals surface area contributed by atoms with Gasteiger partial charge in [-0.15, -0.1) is 0 Å². The molecule has 0 radical (unpaired) electrons. The van der Waals surface area contributed by atoms with E-state index in [4.69, 9.17) is 9.47 Å². The fraction of sp³-hybridized carbons (Fsp3) is 0.286. The van der Waals surface area contributed by atoms with Crippen molar-refractivity contribution in [1.29, 1.82) is 0 Å². The van der Waals surface area contributed by atoms with Gasteiger partial charge in [-0.05, 0) is 12.5 Å². The van der Waals surface area contributed by atoms with Crippen LogP contribution in [0, 0.1) is 11.6 Å². The van der Waals surface area contributed by atoms with E-state index in [2.05, 4.69) is 27.0 Å². The number of aromatic amines is 1. The van der Waals surface area contributed by atoms with E-state index in [9.17, 15) is 13.9 Å². The summed E-state index contributed by atoms with van der Waals surface area (Å²) < 4.78 is 41.2. The fourth-order valence-electron chi connectivity index (χ4n) is 3.46. The first-order valence-electron chi connectivity index (χ1n) is 9.63. The molecule has 4 aromatic heterocycles. The molecule has 1 atom stereocenters. The molecule has 0 amide bonds. The molecular formula is C21H21F2N5O3. The number of halogens is 2. The van der Waals surface area contributed by atoms with E-state index in [1.54, 1.807) is 18.5 Å². The zero-order valence-electron chi connectivity index (χ0n) is 17.2. The number of ether oxygens (including phenoxy) is 2. The summed E-state index contributed by atoms with van der Waals surface area (Å²) in [6.45, 7) is 2.85. The summed E-state index contributed by atoms with van der Waals surface area (Å²) in [7, 11) is 2.39. The van der Waals surface area contributed by atoms with E-state index in [0.29, 0.717) is 11.0 Å². The van der Waals surface area contributed by atoms with Crippen molar-refractivity contribution < 1.29 is 23.4 Å². The molecule has 2 N–H and O–H groups in total. The average Bonchev–Trinajstić information content (AvgIpc) is 3.41. The summed E-state index contributed by atoms with van der Waals surface area (Å²) >= 11 is 0. The first kappa shape index (κ1) is 20.7. The SMILES string of the molecule is CCCn1cc(-c2cnc3[nH]cc(C(O)c4c(F)c(OC)nc(OC)c4F)c3c2)cn1. The van der Waals surface area contributed by atoms with E-state index in [1.807, 2.05) is 10.9 Å². The minimum absolute atomic E-state index is 0.249. The van der Waals surface area contributed by atoms with Gasteiger partial charge < -0.3 is 19.6 Å². The number of H-pyrrole nitrogens is 1. The Balaban J connectivity index is 1.81. The Bertz CT molecular complexity index is 1210. The molecule has 0 bridgehead atoms. The molecule has 0 fully saturated rings. The predicted molar refractivity (Wildman–Crippen MR) is 109 cm³/mol. The molecule has 4 rings (SSSR count). The number of hydrogen-bond acceptors (Lipinski definition) is 6. The summed E-state index contributed by atoms with van der Waals surface area (Å²) in [5, 5.41) is 15.8. The largest absolute Gasteiger partial charge is 0.479 e. The van der Waals surface area contributed by atoms with E-state index < -0.39 is 35.1 Å². The number of nitrogens with one attached hydrogen (secondary N) is 1. The summed E-state index contributed by atoms with van der Waals surface area (Å²) in [6.07, 6.45) is 6.04. The Morgan fingerprint density at radius 1 is 1.13 bits per heavy atom. The first-order chi connectivity index (χ1) is 15.0. The maximum absolute atomic E-state index is 14.8. The second kappa shape index (κ2) is 8.31. The zero-order chi connectivity index (χ0) is 22.1. The highest BCUT2D eigenvalue weighted by molar-refractivity contribution is 5.85. The van der Waals surface area contributed by atoms with Crippen molar-refractivity contribution in [2.75, 3.05) is 14.2 Å². The number of methoxy groups -OCH3 is 2. The Morgan fingerprint density at radius 2 is 1.84 bits per heavy atom. The summed E-state index contributed by atoms with van der Waals surface area (Å²) in [5.74, 6) is -3.16. The van der Waals surface area contributed by atoms with Gasteiger partial charge in [0.2, 0.25) is 0 Å². The van der Waals surface area contributed by atoms with Crippen LogP contribution in [0.4, 0.5) is 8.78 Å². The number of fused-ring (bicyclic) bond motifs is 1. The van der Waals surface area contributed by atoms with Gasteiger partial charge in [-0.2, -0.15) is 10.1 Å². The molecule has 4 heterocycles. The van der Waals surface area contributed by atoms with Crippen molar-refractivity contribution in [2.45, 2.75) is 26.0 Å². The van der Waals surface area contributed by atoms with Gasteiger partial charge in [0, 0.05) is 47.2 Å². The lowest BCUT2D eigenvalue weighted by Crippen LogP contribution is -2.10. The lowest BCUT2D eigenvalue weighted by Gasteiger charge is -2.16. The highest BCUT2D eigenvalue weighted by atomic mass is 19.1. The van der Waals surface area contributed by atoms with E-state index in [0.717, 1.165) is 24.1 Å². The second-order valence-electron chi connectivity index (χ2n) is 6.93. The zero-order valence-corrected chi connectivity index (χ0v) is 17.2. The molecule has 162 valence electrons. The molecule has 1 unspecified atom stereocenters. The highest BCUT2D eigenvalue weighted by Gasteiger charge is 2.29. The quantitative estimate of drug-likeness (QED) is 0.466. The minimum Gasteiger partial charge on any atom is -0.479 e. The topological polar surface area (TPSA) is 98.1 Å². The molecular weight excluding hydrogens is 408 g/mol. The monoisotopic (exact) mass is 429 g/mol. The van der Waals surface area contributed by atoms with Crippen molar-refractivity contribution in [3.63, 3.8) is 0 Å². The van der Waals surface area contributed by atoms with Crippen LogP contribution in [0.5, 0.6) is 11.8 Å². The van der Waals surface area contributed by atoms with Crippen LogP contribution in [0.2, 0.25) is 0 Å². The van der Waals surface area contributed by atoms with Crippen molar-refractivity contribution in [2.24, 2.45) is 0 Å². The molecule has 0 aliphatic rings. The lowest BCUT2D eigenvalue weighted by atomic mass is 10.00. The third kappa shape index (κ3) is 3.59. The van der Waals surface area contributed by atoms with Crippen molar-refractivity contribution in [3.05, 3.63) is 53.6 Å². The van der Waals surface area contributed by atoms with Gasteiger partial charge in [-0.25, -0.2) is 13.8 Å². The van der Waals surface area contributed by atoms with Crippen LogP contribution < -0.4 is 9.47 Å². The second-order valence-corrected chi connectivity index (χ2v) is 6.93. The number of pyridine rings is 2. The molecule has 0 aliphatic carbocycles. The maximum Gasteiger partial charge on any atom is 0.254 e. The van der Waals surface area contributed by atoms with Crippen LogP contribution in [0.15, 0.2) is 30.9 Å². The predicted octanol–water partition coefficient (Wildman–Crippen LogP) is 3.61. The number of aliphatic hydroxyl groups is 1. The van der Waals surface area contributed by atoms with Gasteiger partial charge in [0.25, 0.3) is 11.8 Å². The Kier molecular flexibility index (Phi) is 5.55. The number of hydrogen-bond donors (Lipinski definition) is 2. The van der Waals surface area contributed by atoms with Crippen molar-refractivity contribution in [3.8, 4) is 22.9 Å². The standard InChI is InChI=1S/C21H21F2N5O3/c1-4-5-28-10-12(8-26-28)11-6-13-14(9-25-19(13)24-7-11)18(29)15-16(22)20(30-2)27-21(31-3)17(15)23/h6-10,18,29H,4-5H2,1-3H3,(H,24,25). The third-order valence-corrected chi connectivity index (χ3v) is 4.99. The Labute approximate surface area is 176 Å². The Hall–Kier alpha value is -3.53. The molecule has 31 heavy (non-hydrogen) atoms. The Morgan fingerprint density at radius 3 is 2.48 bits per heavy atom. The lowest BCUT2D eigenvalue weighted by molar-refractivity contribution is 0.204. The molecule has 0 aromatic carbocycles. The molecule has 8 nitrogen and oxygen atoms in total. The van der Waals surface area contributed by atoms with Gasteiger partial charge in [0.1, 0.15) is 11.8 Å². The third-order valence-electron chi connectivity index (χ3n) is 4.99. The molecule has 10 heteroatoms. The minimum atomic E-state index is -1.65. The number of aliphatic hydroxyl groups excluding tert-OH is 1.